The molecule has 0 amide bonds. The molecule has 5 N–H and O–H groups in total. The molecule has 3 aromatic heterocycles. The van der Waals surface area contributed by atoms with Crippen molar-refractivity contribution in [2.45, 2.75) is 18.9 Å². The molecule has 132 valence electrons. The zero-order valence-corrected chi connectivity index (χ0v) is 14.2. The zero-order chi connectivity index (χ0) is 17.5. The molecule has 1 fully saturated rings. The normalized spacial score (nSPS) is 17.4. The Bertz CT molecular complexity index is 1070. The topological polar surface area (TPSA) is 112 Å². The SMILES string of the molecule is NCC1CCCN1c1nc(Nc2ccc3cn[nH]c3c2)nc2[nH]ccc12. The summed E-state index contributed by atoms with van der Waals surface area (Å²) in [5, 5.41) is 12.5. The van der Waals surface area contributed by atoms with Gasteiger partial charge in [-0.1, -0.05) is 0 Å². The van der Waals surface area contributed by atoms with Gasteiger partial charge in [0.1, 0.15) is 11.5 Å². The highest BCUT2D eigenvalue weighted by Gasteiger charge is 2.26. The Balaban J connectivity index is 1.55. The number of hydrogen-bond acceptors (Lipinski definition) is 6. The van der Waals surface area contributed by atoms with E-state index in [1.54, 1.807) is 6.20 Å². The van der Waals surface area contributed by atoms with Gasteiger partial charge in [-0.25, -0.2) is 0 Å². The molecule has 8 heteroatoms. The Labute approximate surface area is 149 Å². The number of aromatic amines is 2. The lowest BCUT2D eigenvalue weighted by molar-refractivity contribution is 0.673. The van der Waals surface area contributed by atoms with Gasteiger partial charge in [0.05, 0.1) is 17.1 Å². The lowest BCUT2D eigenvalue weighted by Crippen LogP contribution is -2.36. The predicted molar refractivity (Wildman–Crippen MR) is 103 cm³/mol. The fraction of sp³-hybridized carbons (Fsp3) is 0.278. The third-order valence-electron chi connectivity index (χ3n) is 5.01. The van der Waals surface area contributed by atoms with Crippen LogP contribution >= 0.6 is 0 Å². The van der Waals surface area contributed by atoms with Gasteiger partial charge in [0.15, 0.2) is 0 Å². The first-order valence-electron chi connectivity index (χ1n) is 8.84. The second-order valence-electron chi connectivity index (χ2n) is 6.63. The van der Waals surface area contributed by atoms with E-state index in [0.717, 1.165) is 52.8 Å². The van der Waals surface area contributed by atoms with Crippen molar-refractivity contribution in [2.75, 3.05) is 23.3 Å². The molecular weight excluding hydrogens is 328 g/mol. The summed E-state index contributed by atoms with van der Waals surface area (Å²) in [5.41, 5.74) is 8.67. The molecule has 1 atom stereocenters. The number of rotatable bonds is 4. The highest BCUT2D eigenvalue weighted by molar-refractivity contribution is 5.89. The minimum Gasteiger partial charge on any atom is -0.352 e. The van der Waals surface area contributed by atoms with Gasteiger partial charge in [0.25, 0.3) is 0 Å². The van der Waals surface area contributed by atoms with Crippen LogP contribution in [0, 0.1) is 0 Å². The van der Waals surface area contributed by atoms with Crippen LogP contribution in [0.5, 0.6) is 0 Å². The van der Waals surface area contributed by atoms with Crippen molar-refractivity contribution in [1.82, 2.24) is 25.1 Å². The fourth-order valence-corrected chi connectivity index (χ4v) is 3.70. The van der Waals surface area contributed by atoms with E-state index in [1.807, 2.05) is 30.5 Å². The molecular formula is C18H20N8. The zero-order valence-electron chi connectivity index (χ0n) is 14.2. The summed E-state index contributed by atoms with van der Waals surface area (Å²) >= 11 is 0. The number of nitrogens with zero attached hydrogens (tertiary/aromatic N) is 4. The van der Waals surface area contributed by atoms with Gasteiger partial charge in [-0.05, 0) is 37.1 Å². The monoisotopic (exact) mass is 348 g/mol. The maximum absolute atomic E-state index is 5.97. The van der Waals surface area contributed by atoms with E-state index in [2.05, 4.69) is 30.4 Å². The number of anilines is 3. The molecule has 1 saturated heterocycles. The summed E-state index contributed by atoms with van der Waals surface area (Å²) in [4.78, 5) is 14.9. The van der Waals surface area contributed by atoms with Crippen LogP contribution in [0.1, 0.15) is 12.8 Å². The van der Waals surface area contributed by atoms with Crippen LogP contribution in [-0.4, -0.2) is 44.3 Å². The number of H-pyrrole nitrogens is 2. The van der Waals surface area contributed by atoms with Crippen molar-refractivity contribution >= 4 is 39.4 Å². The first-order chi connectivity index (χ1) is 12.8. The minimum atomic E-state index is 0.331. The average molecular weight is 348 g/mol. The fourth-order valence-electron chi connectivity index (χ4n) is 3.70. The molecule has 1 aromatic carbocycles. The molecule has 0 radical (unpaired) electrons. The van der Waals surface area contributed by atoms with Gasteiger partial charge in [0.2, 0.25) is 5.95 Å². The smallest absolute Gasteiger partial charge is 0.231 e. The third-order valence-corrected chi connectivity index (χ3v) is 5.01. The third kappa shape index (κ3) is 2.46. The Morgan fingerprint density at radius 2 is 2.23 bits per heavy atom. The van der Waals surface area contributed by atoms with Crippen LogP contribution in [0.3, 0.4) is 0 Å². The second kappa shape index (κ2) is 5.99. The Morgan fingerprint density at radius 1 is 1.27 bits per heavy atom. The van der Waals surface area contributed by atoms with Crippen LogP contribution in [0.4, 0.5) is 17.5 Å². The van der Waals surface area contributed by atoms with Gasteiger partial charge >= 0.3 is 0 Å². The number of fused-ring (bicyclic) bond motifs is 2. The van der Waals surface area contributed by atoms with Crippen LogP contribution in [-0.2, 0) is 0 Å². The van der Waals surface area contributed by atoms with E-state index >= 15 is 0 Å². The molecule has 0 saturated carbocycles. The van der Waals surface area contributed by atoms with Crippen molar-refractivity contribution in [3.63, 3.8) is 0 Å². The van der Waals surface area contributed by atoms with E-state index < -0.39 is 0 Å². The summed E-state index contributed by atoms with van der Waals surface area (Å²) < 4.78 is 0. The summed E-state index contributed by atoms with van der Waals surface area (Å²) in [6, 6.07) is 8.37. The Hall–Kier alpha value is -3.13. The highest BCUT2D eigenvalue weighted by atomic mass is 15.3. The van der Waals surface area contributed by atoms with E-state index in [1.165, 1.54) is 0 Å². The number of aromatic nitrogens is 5. The summed E-state index contributed by atoms with van der Waals surface area (Å²) in [6.45, 7) is 1.61. The lowest BCUT2D eigenvalue weighted by atomic mass is 10.2. The average Bonchev–Trinajstić information content (AvgIpc) is 3.40. The Kier molecular flexibility index (Phi) is 3.49. The first kappa shape index (κ1) is 15.2. The van der Waals surface area contributed by atoms with Gasteiger partial charge in [-0.3, -0.25) is 5.10 Å². The van der Waals surface area contributed by atoms with Crippen molar-refractivity contribution in [3.05, 3.63) is 36.7 Å². The number of benzene rings is 1. The van der Waals surface area contributed by atoms with Crippen LogP contribution in [0.15, 0.2) is 36.7 Å². The lowest BCUT2D eigenvalue weighted by Gasteiger charge is -2.25. The van der Waals surface area contributed by atoms with E-state index in [9.17, 15) is 0 Å². The quantitative estimate of drug-likeness (QED) is 0.451. The van der Waals surface area contributed by atoms with Gasteiger partial charge < -0.3 is 20.9 Å². The van der Waals surface area contributed by atoms with Crippen molar-refractivity contribution in [1.29, 1.82) is 0 Å². The summed E-state index contributed by atoms with van der Waals surface area (Å²) in [7, 11) is 0. The van der Waals surface area contributed by atoms with E-state index in [4.69, 9.17) is 10.7 Å². The molecule has 1 unspecified atom stereocenters. The standard InChI is InChI=1S/C18H20N8/c19-9-13-2-1-7-26(13)17-14-5-6-20-16(14)23-18(24-17)22-12-4-3-11-10-21-25-15(11)8-12/h3-6,8,10,13H,1-2,7,9,19H2,(H,21,25)(H2,20,22,23,24). The number of hydrogen-bond donors (Lipinski definition) is 4. The molecule has 5 rings (SSSR count). The van der Waals surface area contributed by atoms with E-state index in [0.29, 0.717) is 18.5 Å². The molecule has 0 spiro atoms. The molecule has 8 nitrogen and oxygen atoms in total. The number of nitrogens with one attached hydrogen (secondary N) is 3. The van der Waals surface area contributed by atoms with Gasteiger partial charge in [-0.2, -0.15) is 15.1 Å². The van der Waals surface area contributed by atoms with Gasteiger partial charge in [-0.15, -0.1) is 0 Å². The Morgan fingerprint density at radius 3 is 3.15 bits per heavy atom. The van der Waals surface area contributed by atoms with Crippen LogP contribution < -0.4 is 16.0 Å². The maximum Gasteiger partial charge on any atom is 0.231 e. The molecule has 4 heterocycles. The van der Waals surface area contributed by atoms with Crippen LogP contribution in [0.25, 0.3) is 21.9 Å². The predicted octanol–water partition coefficient (Wildman–Crippen LogP) is 2.51. The first-order valence-corrected chi connectivity index (χ1v) is 8.84. The molecule has 1 aliphatic heterocycles. The molecule has 0 aliphatic carbocycles. The van der Waals surface area contributed by atoms with Crippen molar-refractivity contribution in [2.24, 2.45) is 5.73 Å². The largest absolute Gasteiger partial charge is 0.352 e. The van der Waals surface area contributed by atoms with Crippen LogP contribution in [0.2, 0.25) is 0 Å². The minimum absolute atomic E-state index is 0.331. The molecule has 0 bridgehead atoms. The maximum atomic E-state index is 5.97. The summed E-state index contributed by atoms with van der Waals surface area (Å²) in [6.07, 6.45) is 5.94. The highest BCUT2D eigenvalue weighted by Crippen LogP contribution is 2.31. The van der Waals surface area contributed by atoms with Gasteiger partial charge in [0, 0.05) is 36.4 Å². The summed E-state index contributed by atoms with van der Waals surface area (Å²) in [5.74, 6) is 1.51. The molecule has 4 aromatic rings. The van der Waals surface area contributed by atoms with Crippen molar-refractivity contribution < 1.29 is 0 Å². The second-order valence-corrected chi connectivity index (χ2v) is 6.63. The number of nitrogens with two attached hydrogens (primary N) is 1. The van der Waals surface area contributed by atoms with E-state index in [-0.39, 0.29) is 0 Å². The molecule has 1 aliphatic rings. The molecule has 26 heavy (non-hydrogen) atoms. The van der Waals surface area contributed by atoms with Crippen molar-refractivity contribution in [3.8, 4) is 0 Å².